The summed E-state index contributed by atoms with van der Waals surface area (Å²) in [5.74, 6) is 0. The van der Waals surface area contributed by atoms with E-state index >= 15 is 0 Å². The predicted octanol–water partition coefficient (Wildman–Crippen LogP) is 2.50. The van der Waals surface area contributed by atoms with Crippen LogP contribution in [0, 0.1) is 0 Å². The second kappa shape index (κ2) is 3.04. The van der Waals surface area contributed by atoms with Gasteiger partial charge in [0.15, 0.2) is 0 Å². The van der Waals surface area contributed by atoms with Crippen molar-refractivity contribution in [3.05, 3.63) is 34.9 Å². The molecule has 0 spiro atoms. The molecule has 1 saturated carbocycles. The van der Waals surface area contributed by atoms with E-state index in [0.29, 0.717) is 0 Å². The van der Waals surface area contributed by atoms with Crippen LogP contribution in [0.3, 0.4) is 0 Å². The molecular formula is C13H13NO. The minimum Gasteiger partial charge on any atom is -0.211 e. The summed E-state index contributed by atoms with van der Waals surface area (Å²) in [6.07, 6.45) is 7.37. The first-order chi connectivity index (χ1) is 7.34. The Morgan fingerprint density at radius 2 is 2.00 bits per heavy atom. The van der Waals surface area contributed by atoms with Crippen molar-refractivity contribution in [3.63, 3.8) is 0 Å². The zero-order valence-electron chi connectivity index (χ0n) is 8.62. The monoisotopic (exact) mass is 199 g/mol. The zero-order chi connectivity index (χ0) is 10.3. The smallest absolute Gasteiger partial charge is 0.211 e. The summed E-state index contributed by atoms with van der Waals surface area (Å²) in [6.45, 7) is 0. The highest BCUT2D eigenvalue weighted by Gasteiger charge is 2.45. The molecule has 76 valence electrons. The van der Waals surface area contributed by atoms with Gasteiger partial charge in [-0.3, -0.25) is 0 Å². The molecule has 2 aliphatic rings. The fourth-order valence-electron chi connectivity index (χ4n) is 2.53. The predicted molar refractivity (Wildman–Crippen MR) is 57.5 cm³/mol. The third-order valence-electron chi connectivity index (χ3n) is 3.62. The molecular weight excluding hydrogens is 186 g/mol. The van der Waals surface area contributed by atoms with Crippen LogP contribution in [0.4, 0.5) is 0 Å². The summed E-state index contributed by atoms with van der Waals surface area (Å²) in [5, 5.41) is 0. The molecule has 1 aromatic carbocycles. The average Bonchev–Trinajstić information content (AvgIpc) is 2.89. The van der Waals surface area contributed by atoms with E-state index in [-0.39, 0.29) is 5.54 Å². The van der Waals surface area contributed by atoms with Gasteiger partial charge in [0.25, 0.3) is 0 Å². The molecule has 0 atom stereocenters. The van der Waals surface area contributed by atoms with Crippen molar-refractivity contribution in [1.29, 1.82) is 0 Å². The van der Waals surface area contributed by atoms with Gasteiger partial charge in [0.2, 0.25) is 6.08 Å². The van der Waals surface area contributed by atoms with Gasteiger partial charge in [0, 0.05) is 0 Å². The molecule has 15 heavy (non-hydrogen) atoms. The first-order valence-electron chi connectivity index (χ1n) is 5.55. The van der Waals surface area contributed by atoms with Gasteiger partial charge in [-0.2, -0.15) is 4.99 Å². The highest BCUT2D eigenvalue weighted by molar-refractivity contribution is 5.44. The minimum atomic E-state index is -0.195. The Bertz CT molecular complexity index is 454. The molecule has 2 aliphatic carbocycles. The van der Waals surface area contributed by atoms with Crippen molar-refractivity contribution in [1.82, 2.24) is 0 Å². The Morgan fingerprint density at radius 3 is 2.73 bits per heavy atom. The van der Waals surface area contributed by atoms with E-state index in [1.165, 1.54) is 36.0 Å². The second-order valence-electron chi connectivity index (χ2n) is 4.57. The van der Waals surface area contributed by atoms with E-state index in [9.17, 15) is 4.79 Å². The number of aryl methyl sites for hydroxylation is 2. The highest BCUT2D eigenvalue weighted by atomic mass is 16.1. The Hall–Kier alpha value is -1.40. The highest BCUT2D eigenvalue weighted by Crippen LogP contribution is 2.49. The van der Waals surface area contributed by atoms with Crippen molar-refractivity contribution in [2.45, 2.75) is 37.6 Å². The molecule has 0 bridgehead atoms. The molecule has 2 heteroatoms. The van der Waals surface area contributed by atoms with Crippen LogP contribution in [0.5, 0.6) is 0 Å². The Kier molecular flexibility index (Phi) is 1.80. The molecule has 0 N–H and O–H groups in total. The largest absolute Gasteiger partial charge is 0.235 e. The Morgan fingerprint density at radius 1 is 1.20 bits per heavy atom. The van der Waals surface area contributed by atoms with Gasteiger partial charge in [-0.15, -0.1) is 0 Å². The van der Waals surface area contributed by atoms with Gasteiger partial charge in [0.1, 0.15) is 0 Å². The number of rotatable bonds is 2. The zero-order valence-corrected chi connectivity index (χ0v) is 8.62. The fraction of sp³-hybridized carbons (Fsp3) is 0.462. The number of isocyanates is 1. The van der Waals surface area contributed by atoms with Crippen LogP contribution in [0.15, 0.2) is 23.2 Å². The fourth-order valence-corrected chi connectivity index (χ4v) is 2.53. The van der Waals surface area contributed by atoms with E-state index < -0.39 is 0 Å². The van der Waals surface area contributed by atoms with Crippen molar-refractivity contribution < 1.29 is 4.79 Å². The van der Waals surface area contributed by atoms with Gasteiger partial charge in [-0.25, -0.2) is 4.79 Å². The van der Waals surface area contributed by atoms with Crippen LogP contribution >= 0.6 is 0 Å². The van der Waals surface area contributed by atoms with E-state index in [1.807, 2.05) is 0 Å². The van der Waals surface area contributed by atoms with Crippen LogP contribution in [0.25, 0.3) is 0 Å². The maximum absolute atomic E-state index is 10.4. The van der Waals surface area contributed by atoms with Crippen LogP contribution in [0.2, 0.25) is 0 Å². The van der Waals surface area contributed by atoms with Crippen molar-refractivity contribution >= 4 is 6.08 Å². The van der Waals surface area contributed by atoms with Crippen LogP contribution < -0.4 is 0 Å². The molecule has 0 unspecified atom stereocenters. The number of hydrogen-bond donors (Lipinski definition) is 0. The maximum Gasteiger partial charge on any atom is 0.235 e. The second-order valence-corrected chi connectivity index (χ2v) is 4.57. The summed E-state index contributed by atoms with van der Waals surface area (Å²) in [7, 11) is 0. The lowest BCUT2D eigenvalue weighted by Crippen LogP contribution is -2.02. The van der Waals surface area contributed by atoms with Crippen LogP contribution in [-0.4, -0.2) is 6.08 Å². The summed E-state index contributed by atoms with van der Waals surface area (Å²) < 4.78 is 0. The third-order valence-corrected chi connectivity index (χ3v) is 3.62. The lowest BCUT2D eigenvalue weighted by atomic mass is 10.00. The van der Waals surface area contributed by atoms with E-state index in [1.54, 1.807) is 6.08 Å². The van der Waals surface area contributed by atoms with Crippen LogP contribution in [-0.2, 0) is 23.2 Å². The van der Waals surface area contributed by atoms with Crippen molar-refractivity contribution in [3.8, 4) is 0 Å². The van der Waals surface area contributed by atoms with Crippen molar-refractivity contribution in [2.75, 3.05) is 0 Å². The van der Waals surface area contributed by atoms with Gasteiger partial charge >= 0.3 is 0 Å². The standard InChI is InChI=1S/C13H13NO/c15-9-14-13(6-7-13)12-5-4-10-2-1-3-11(10)8-12/h4-5,8H,1-3,6-7H2. The molecule has 0 amide bonds. The van der Waals surface area contributed by atoms with Gasteiger partial charge < -0.3 is 0 Å². The number of benzene rings is 1. The molecule has 0 aliphatic heterocycles. The third kappa shape index (κ3) is 1.33. The number of nitrogens with zero attached hydrogens (tertiary/aromatic N) is 1. The number of fused-ring (bicyclic) bond motifs is 1. The molecule has 3 rings (SSSR count). The number of aliphatic imine (C=N–C) groups is 1. The van der Waals surface area contributed by atoms with E-state index in [0.717, 1.165) is 12.8 Å². The van der Waals surface area contributed by atoms with Gasteiger partial charge in [-0.1, -0.05) is 18.2 Å². The van der Waals surface area contributed by atoms with E-state index in [2.05, 4.69) is 23.2 Å². The first kappa shape index (κ1) is 8.87. The lowest BCUT2D eigenvalue weighted by Gasteiger charge is -2.10. The SMILES string of the molecule is O=C=NC1(c2ccc3c(c2)CCC3)CC1. The quantitative estimate of drug-likeness (QED) is 0.531. The normalized spacial score (nSPS) is 20.5. The summed E-state index contributed by atoms with van der Waals surface area (Å²) >= 11 is 0. The Balaban J connectivity index is 2.03. The summed E-state index contributed by atoms with van der Waals surface area (Å²) in [6, 6.07) is 6.59. The maximum atomic E-state index is 10.4. The Labute approximate surface area is 89.0 Å². The average molecular weight is 199 g/mol. The van der Waals surface area contributed by atoms with E-state index in [4.69, 9.17) is 0 Å². The summed E-state index contributed by atoms with van der Waals surface area (Å²) in [4.78, 5) is 14.3. The van der Waals surface area contributed by atoms with Gasteiger partial charge in [0.05, 0.1) is 5.54 Å². The molecule has 1 aromatic rings. The lowest BCUT2D eigenvalue weighted by molar-refractivity contribution is 0.556. The first-order valence-corrected chi connectivity index (χ1v) is 5.55. The molecule has 2 nitrogen and oxygen atoms in total. The molecule has 1 fully saturated rings. The topological polar surface area (TPSA) is 29.4 Å². The summed E-state index contributed by atoms with van der Waals surface area (Å²) in [5.41, 5.74) is 3.95. The van der Waals surface area contributed by atoms with Crippen molar-refractivity contribution in [2.24, 2.45) is 4.99 Å². The molecule has 0 heterocycles. The number of carbonyl (C=O) groups excluding carboxylic acids is 1. The van der Waals surface area contributed by atoms with Gasteiger partial charge in [-0.05, 0) is 48.8 Å². The number of hydrogen-bond acceptors (Lipinski definition) is 2. The molecule has 0 saturated heterocycles. The minimum absolute atomic E-state index is 0.195. The molecule has 0 radical (unpaired) electrons. The van der Waals surface area contributed by atoms with Crippen LogP contribution in [0.1, 0.15) is 36.0 Å². The molecule has 0 aromatic heterocycles.